The Hall–Kier alpha value is -4.72. The average molecular weight is 743 g/mol. The summed E-state index contributed by atoms with van der Waals surface area (Å²) in [4.78, 5) is 29.8. The predicted molar refractivity (Wildman–Crippen MR) is 205 cm³/mol. The molecule has 3 aromatic heterocycles. The first kappa shape index (κ1) is 37.1. The summed E-state index contributed by atoms with van der Waals surface area (Å²) in [6.07, 6.45) is 2.17. The standard InChI is InChI=1S/C39H46N6O5S2/c1-25-13-15-30(16-14-25)45-34(23-33(43-45)39(4,5)6)42-38(47)41-32-12-8-7-10-29(32)22-28-17-19-44(20-18-28)37(46)35-26(2)50-27(3)36(35)52(48,49)40-24-31-11-9-21-51-31/h7-16,21,23,28,40H,17-20,22,24H2,1-6H3,(H2,41,42,47). The third-order valence-corrected chi connectivity index (χ3v) is 11.8. The van der Waals surface area contributed by atoms with E-state index in [0.29, 0.717) is 31.0 Å². The van der Waals surface area contributed by atoms with Gasteiger partial charge in [-0.2, -0.15) is 5.10 Å². The van der Waals surface area contributed by atoms with Gasteiger partial charge in [0.1, 0.15) is 27.8 Å². The van der Waals surface area contributed by atoms with E-state index in [9.17, 15) is 18.0 Å². The van der Waals surface area contributed by atoms with Crippen molar-refractivity contribution < 1.29 is 22.4 Å². The van der Waals surface area contributed by atoms with Crippen molar-refractivity contribution in [1.82, 2.24) is 19.4 Å². The van der Waals surface area contributed by atoms with Gasteiger partial charge in [-0.05, 0) is 81.2 Å². The van der Waals surface area contributed by atoms with Crippen molar-refractivity contribution in [2.75, 3.05) is 23.7 Å². The lowest BCUT2D eigenvalue weighted by Gasteiger charge is -2.32. The minimum absolute atomic E-state index is 0.0912. The maximum Gasteiger partial charge on any atom is 0.324 e. The third-order valence-electron chi connectivity index (χ3n) is 9.38. The molecule has 1 aliphatic rings. The molecular weight excluding hydrogens is 697 g/mol. The maximum atomic E-state index is 13.8. The molecule has 1 aliphatic heterocycles. The fraction of sp³-hybridized carbons (Fsp3) is 0.359. The van der Waals surface area contributed by atoms with E-state index in [1.54, 1.807) is 23.4 Å². The first-order valence-corrected chi connectivity index (χ1v) is 19.8. The minimum Gasteiger partial charge on any atom is -0.464 e. The van der Waals surface area contributed by atoms with Crippen molar-refractivity contribution >= 4 is 44.8 Å². The maximum absolute atomic E-state index is 13.8. The van der Waals surface area contributed by atoms with Gasteiger partial charge in [-0.3, -0.25) is 10.1 Å². The van der Waals surface area contributed by atoms with Gasteiger partial charge in [-0.25, -0.2) is 22.6 Å². The number of likely N-dealkylation sites (tertiary alicyclic amines) is 1. The van der Waals surface area contributed by atoms with Crippen molar-refractivity contribution in [2.45, 2.75) is 77.7 Å². The van der Waals surface area contributed by atoms with E-state index >= 15 is 0 Å². The van der Waals surface area contributed by atoms with E-state index in [4.69, 9.17) is 9.52 Å². The molecule has 6 rings (SSSR count). The zero-order chi connectivity index (χ0) is 37.2. The second kappa shape index (κ2) is 15.1. The summed E-state index contributed by atoms with van der Waals surface area (Å²) in [6, 6.07) is 21.0. The number of piperidine rings is 1. The smallest absolute Gasteiger partial charge is 0.324 e. The SMILES string of the molecule is Cc1ccc(-n2nc(C(C)(C)C)cc2NC(=O)Nc2ccccc2CC2CCN(C(=O)c3c(C)oc(C)c3S(=O)(=O)NCc3cccs3)CC2)cc1. The normalized spacial score (nSPS) is 14.1. The van der Waals surface area contributed by atoms with E-state index in [2.05, 4.69) is 36.1 Å². The number of nitrogens with one attached hydrogen (secondary N) is 3. The topological polar surface area (TPSA) is 139 Å². The summed E-state index contributed by atoms with van der Waals surface area (Å²) in [6.45, 7) is 12.6. The van der Waals surface area contributed by atoms with E-state index in [1.807, 2.05) is 79.0 Å². The van der Waals surface area contributed by atoms with E-state index in [-0.39, 0.29) is 51.8 Å². The quantitative estimate of drug-likeness (QED) is 0.133. The van der Waals surface area contributed by atoms with Gasteiger partial charge in [0, 0.05) is 41.7 Å². The highest BCUT2D eigenvalue weighted by molar-refractivity contribution is 7.89. The monoisotopic (exact) mass is 742 g/mol. The third kappa shape index (κ3) is 8.32. The van der Waals surface area contributed by atoms with Crippen molar-refractivity contribution in [3.05, 3.63) is 111 Å². The molecule has 0 saturated carbocycles. The molecule has 1 saturated heterocycles. The Morgan fingerprint density at radius 2 is 1.65 bits per heavy atom. The van der Waals surface area contributed by atoms with Gasteiger partial charge < -0.3 is 14.6 Å². The number of para-hydroxylation sites is 1. The summed E-state index contributed by atoms with van der Waals surface area (Å²) >= 11 is 1.45. The summed E-state index contributed by atoms with van der Waals surface area (Å²) in [5.41, 5.74) is 4.43. The van der Waals surface area contributed by atoms with Crippen LogP contribution in [0.15, 0.2) is 81.4 Å². The van der Waals surface area contributed by atoms with Crippen LogP contribution in [0.3, 0.4) is 0 Å². The number of hydrogen-bond donors (Lipinski definition) is 3. The molecule has 1 fully saturated rings. The predicted octanol–water partition coefficient (Wildman–Crippen LogP) is 7.97. The molecule has 0 bridgehead atoms. The molecule has 13 heteroatoms. The van der Waals surface area contributed by atoms with Crippen LogP contribution in [-0.2, 0) is 28.4 Å². The van der Waals surface area contributed by atoms with Crippen LogP contribution in [0.25, 0.3) is 5.69 Å². The van der Waals surface area contributed by atoms with E-state index in [1.165, 1.54) is 11.3 Å². The second-order valence-electron chi connectivity index (χ2n) is 14.4. The Bertz CT molecular complexity index is 2150. The molecule has 0 atom stereocenters. The Kier molecular flexibility index (Phi) is 10.8. The van der Waals surface area contributed by atoms with Gasteiger partial charge in [0.05, 0.1) is 11.4 Å². The fourth-order valence-electron chi connectivity index (χ4n) is 6.50. The molecule has 0 radical (unpaired) electrons. The van der Waals surface area contributed by atoms with Crippen molar-refractivity contribution in [2.24, 2.45) is 5.92 Å². The van der Waals surface area contributed by atoms with E-state index in [0.717, 1.165) is 40.2 Å². The van der Waals surface area contributed by atoms with Crippen LogP contribution in [0.5, 0.6) is 0 Å². The number of thiophene rings is 1. The van der Waals surface area contributed by atoms with Crippen molar-refractivity contribution in [3.63, 3.8) is 0 Å². The average Bonchev–Trinajstić information content (AvgIpc) is 3.84. The number of furan rings is 1. The number of nitrogens with zero attached hydrogens (tertiary/aromatic N) is 3. The van der Waals surface area contributed by atoms with Crippen LogP contribution in [0.2, 0.25) is 0 Å². The zero-order valence-electron chi connectivity index (χ0n) is 30.4. The molecule has 3 N–H and O–H groups in total. The summed E-state index contributed by atoms with van der Waals surface area (Å²) in [5.74, 6) is 0.962. The molecule has 2 aromatic carbocycles. The number of hydrogen-bond acceptors (Lipinski definition) is 7. The van der Waals surface area contributed by atoms with Gasteiger partial charge in [0.2, 0.25) is 10.0 Å². The summed E-state index contributed by atoms with van der Waals surface area (Å²) < 4.78 is 36.9. The number of rotatable bonds is 10. The van der Waals surface area contributed by atoms with Crippen LogP contribution in [0, 0.1) is 26.7 Å². The number of urea groups is 1. The number of aromatic nitrogens is 2. The van der Waals surface area contributed by atoms with Gasteiger partial charge >= 0.3 is 6.03 Å². The van der Waals surface area contributed by atoms with Gasteiger partial charge in [-0.1, -0.05) is 62.7 Å². The fourth-order valence-corrected chi connectivity index (χ4v) is 8.65. The van der Waals surface area contributed by atoms with Crippen LogP contribution >= 0.6 is 11.3 Å². The van der Waals surface area contributed by atoms with Crippen LogP contribution in [-0.4, -0.2) is 48.1 Å². The second-order valence-corrected chi connectivity index (χ2v) is 17.1. The minimum atomic E-state index is -4.00. The highest BCUT2D eigenvalue weighted by atomic mass is 32.2. The summed E-state index contributed by atoms with van der Waals surface area (Å²) in [5, 5.41) is 12.8. The summed E-state index contributed by atoms with van der Waals surface area (Å²) in [7, 11) is -4.00. The molecule has 0 spiro atoms. The van der Waals surface area contributed by atoms with E-state index < -0.39 is 10.0 Å². The lowest BCUT2D eigenvalue weighted by atomic mass is 9.89. The molecule has 11 nitrogen and oxygen atoms in total. The largest absolute Gasteiger partial charge is 0.464 e. The van der Waals surface area contributed by atoms with Gasteiger partial charge in [-0.15, -0.1) is 11.3 Å². The number of aryl methyl sites for hydroxylation is 3. The Morgan fingerprint density at radius 3 is 2.33 bits per heavy atom. The molecule has 4 heterocycles. The van der Waals surface area contributed by atoms with Crippen molar-refractivity contribution in [3.8, 4) is 5.69 Å². The number of carbonyl (C=O) groups is 2. The molecule has 0 unspecified atom stereocenters. The molecular formula is C39H46N6O5S2. The van der Waals surface area contributed by atoms with Crippen LogP contribution in [0.4, 0.5) is 16.3 Å². The van der Waals surface area contributed by atoms with Gasteiger partial charge in [0.25, 0.3) is 5.91 Å². The number of carbonyl (C=O) groups excluding carboxylic acids is 2. The molecule has 274 valence electrons. The number of benzene rings is 2. The molecule has 5 aromatic rings. The highest BCUT2D eigenvalue weighted by Gasteiger charge is 2.34. The first-order chi connectivity index (χ1) is 24.7. The zero-order valence-corrected chi connectivity index (χ0v) is 32.1. The Morgan fingerprint density at radius 1 is 0.942 bits per heavy atom. The Balaban J connectivity index is 1.10. The number of amides is 3. The molecule has 3 amide bonds. The first-order valence-electron chi connectivity index (χ1n) is 17.4. The molecule has 0 aliphatic carbocycles. The Labute approximate surface area is 309 Å². The lowest BCUT2D eigenvalue weighted by Crippen LogP contribution is -2.40. The lowest BCUT2D eigenvalue weighted by molar-refractivity contribution is 0.0685. The van der Waals surface area contributed by atoms with Crippen LogP contribution < -0.4 is 15.4 Å². The van der Waals surface area contributed by atoms with Crippen molar-refractivity contribution in [1.29, 1.82) is 0 Å². The van der Waals surface area contributed by atoms with Gasteiger partial charge in [0.15, 0.2) is 0 Å². The number of anilines is 2. The number of sulfonamides is 1. The highest BCUT2D eigenvalue weighted by Crippen LogP contribution is 2.32. The van der Waals surface area contributed by atoms with Crippen LogP contribution in [0.1, 0.15) is 77.2 Å². The molecule has 52 heavy (non-hydrogen) atoms.